The van der Waals surface area contributed by atoms with Crippen LogP contribution in [-0.2, 0) is 10.0 Å². The van der Waals surface area contributed by atoms with Gasteiger partial charge in [-0.15, -0.1) is 11.8 Å². The van der Waals surface area contributed by atoms with E-state index in [9.17, 15) is 8.42 Å². The molecule has 112 valence electrons. The van der Waals surface area contributed by atoms with Gasteiger partial charge in [0.15, 0.2) is 5.82 Å². The standard InChI is InChI=1S/C14H17N3O2S2/c1-17(2)14-13(5-4-10-15-14)16-21(18,19)12-8-6-11(20-3)7-9-12/h4-10,16H,1-3H3. The lowest BCUT2D eigenvalue weighted by atomic mass is 10.4. The molecule has 0 saturated carbocycles. The van der Waals surface area contributed by atoms with Crippen LogP contribution in [0.5, 0.6) is 0 Å². The predicted octanol–water partition coefficient (Wildman–Crippen LogP) is 2.67. The zero-order valence-electron chi connectivity index (χ0n) is 12.1. The van der Waals surface area contributed by atoms with Crippen LogP contribution in [0.2, 0.25) is 0 Å². The van der Waals surface area contributed by atoms with Gasteiger partial charge in [0.25, 0.3) is 10.0 Å². The molecule has 7 heteroatoms. The minimum Gasteiger partial charge on any atom is -0.361 e. The Balaban J connectivity index is 2.33. The summed E-state index contributed by atoms with van der Waals surface area (Å²) in [4.78, 5) is 7.19. The molecule has 2 aromatic rings. The minimum absolute atomic E-state index is 0.230. The summed E-state index contributed by atoms with van der Waals surface area (Å²) in [6, 6.07) is 10.2. The topological polar surface area (TPSA) is 62.3 Å². The highest BCUT2D eigenvalue weighted by Crippen LogP contribution is 2.25. The Morgan fingerprint density at radius 2 is 1.81 bits per heavy atom. The molecular formula is C14H17N3O2S2. The first-order valence-corrected chi connectivity index (χ1v) is 8.94. The van der Waals surface area contributed by atoms with Crippen molar-refractivity contribution in [2.24, 2.45) is 0 Å². The molecule has 0 aliphatic carbocycles. The number of nitrogens with zero attached hydrogens (tertiary/aromatic N) is 2. The molecule has 5 nitrogen and oxygen atoms in total. The Labute approximate surface area is 129 Å². The van der Waals surface area contributed by atoms with Crippen LogP contribution in [0, 0.1) is 0 Å². The Morgan fingerprint density at radius 1 is 1.14 bits per heavy atom. The number of sulfonamides is 1. The van der Waals surface area contributed by atoms with Crippen LogP contribution < -0.4 is 9.62 Å². The molecule has 0 atom stereocenters. The monoisotopic (exact) mass is 323 g/mol. The quantitative estimate of drug-likeness (QED) is 0.857. The first-order valence-electron chi connectivity index (χ1n) is 6.23. The van der Waals surface area contributed by atoms with E-state index in [2.05, 4.69) is 9.71 Å². The highest BCUT2D eigenvalue weighted by Gasteiger charge is 2.17. The van der Waals surface area contributed by atoms with Gasteiger partial charge >= 0.3 is 0 Å². The number of hydrogen-bond acceptors (Lipinski definition) is 5. The number of benzene rings is 1. The summed E-state index contributed by atoms with van der Waals surface area (Å²) in [6.07, 6.45) is 3.57. The zero-order valence-corrected chi connectivity index (χ0v) is 13.7. The van der Waals surface area contributed by atoms with Crippen molar-refractivity contribution in [2.45, 2.75) is 9.79 Å². The van der Waals surface area contributed by atoms with Gasteiger partial charge in [0, 0.05) is 25.2 Å². The number of rotatable bonds is 5. The number of nitrogens with one attached hydrogen (secondary N) is 1. The molecule has 2 rings (SSSR count). The Kier molecular flexibility index (Phi) is 4.74. The van der Waals surface area contributed by atoms with Crippen LogP contribution >= 0.6 is 11.8 Å². The van der Waals surface area contributed by atoms with Crippen molar-refractivity contribution in [3.8, 4) is 0 Å². The first-order chi connectivity index (χ1) is 9.94. The van der Waals surface area contributed by atoms with E-state index in [0.29, 0.717) is 11.5 Å². The Hall–Kier alpha value is -1.73. The van der Waals surface area contributed by atoms with Crippen molar-refractivity contribution < 1.29 is 8.42 Å². The second-order valence-corrected chi connectivity index (χ2v) is 7.11. The maximum absolute atomic E-state index is 12.4. The van der Waals surface area contributed by atoms with Gasteiger partial charge < -0.3 is 4.90 Å². The number of hydrogen-bond donors (Lipinski definition) is 1. The predicted molar refractivity (Wildman–Crippen MR) is 87.6 cm³/mol. The highest BCUT2D eigenvalue weighted by molar-refractivity contribution is 7.98. The van der Waals surface area contributed by atoms with E-state index in [1.807, 2.05) is 20.4 Å². The average Bonchev–Trinajstić information content (AvgIpc) is 2.47. The smallest absolute Gasteiger partial charge is 0.262 e. The fourth-order valence-corrected chi connectivity index (χ4v) is 3.26. The summed E-state index contributed by atoms with van der Waals surface area (Å²) < 4.78 is 27.4. The molecule has 0 fully saturated rings. The third-order valence-electron chi connectivity index (χ3n) is 2.82. The molecule has 0 unspecified atom stereocenters. The van der Waals surface area contributed by atoms with Gasteiger partial charge in [0.05, 0.1) is 10.6 Å². The van der Waals surface area contributed by atoms with Crippen LogP contribution in [0.4, 0.5) is 11.5 Å². The normalized spacial score (nSPS) is 11.2. The van der Waals surface area contributed by atoms with Crippen molar-refractivity contribution in [1.82, 2.24) is 4.98 Å². The van der Waals surface area contributed by atoms with Gasteiger partial charge in [0.2, 0.25) is 0 Å². The van der Waals surface area contributed by atoms with E-state index in [-0.39, 0.29) is 4.90 Å². The van der Waals surface area contributed by atoms with Crippen molar-refractivity contribution >= 4 is 33.3 Å². The van der Waals surface area contributed by atoms with Crippen molar-refractivity contribution in [3.63, 3.8) is 0 Å². The SMILES string of the molecule is CSc1ccc(S(=O)(=O)Nc2cccnc2N(C)C)cc1. The second kappa shape index (κ2) is 6.36. The molecule has 1 aromatic carbocycles. The Bertz CT molecular complexity index is 713. The molecule has 0 bridgehead atoms. The number of pyridine rings is 1. The van der Waals surface area contributed by atoms with Crippen LogP contribution in [0.1, 0.15) is 0 Å². The van der Waals surface area contributed by atoms with Gasteiger partial charge in [-0.2, -0.15) is 0 Å². The van der Waals surface area contributed by atoms with Gasteiger partial charge in [0.1, 0.15) is 0 Å². The average molecular weight is 323 g/mol. The molecule has 0 radical (unpaired) electrons. The molecule has 1 heterocycles. The zero-order chi connectivity index (χ0) is 15.5. The maximum atomic E-state index is 12.4. The van der Waals surface area contributed by atoms with Crippen LogP contribution in [0.3, 0.4) is 0 Å². The van der Waals surface area contributed by atoms with Crippen LogP contribution in [0.25, 0.3) is 0 Å². The van der Waals surface area contributed by atoms with E-state index < -0.39 is 10.0 Å². The lowest BCUT2D eigenvalue weighted by Crippen LogP contribution is -2.18. The summed E-state index contributed by atoms with van der Waals surface area (Å²) in [5, 5.41) is 0. The van der Waals surface area contributed by atoms with E-state index in [1.54, 1.807) is 59.3 Å². The van der Waals surface area contributed by atoms with Crippen molar-refractivity contribution in [3.05, 3.63) is 42.6 Å². The molecule has 0 amide bonds. The number of anilines is 2. The summed E-state index contributed by atoms with van der Waals surface area (Å²) in [6.45, 7) is 0. The summed E-state index contributed by atoms with van der Waals surface area (Å²) in [7, 11) is 0.00553. The third-order valence-corrected chi connectivity index (χ3v) is 4.95. The molecule has 21 heavy (non-hydrogen) atoms. The third kappa shape index (κ3) is 3.68. The van der Waals surface area contributed by atoms with E-state index >= 15 is 0 Å². The Morgan fingerprint density at radius 3 is 2.38 bits per heavy atom. The van der Waals surface area contributed by atoms with E-state index in [1.165, 1.54) is 0 Å². The molecule has 0 spiro atoms. The minimum atomic E-state index is -3.62. The molecule has 0 saturated heterocycles. The number of aromatic nitrogens is 1. The van der Waals surface area contributed by atoms with Crippen molar-refractivity contribution in [2.75, 3.05) is 30.0 Å². The van der Waals surface area contributed by atoms with Crippen molar-refractivity contribution in [1.29, 1.82) is 0 Å². The number of thioether (sulfide) groups is 1. The summed E-state index contributed by atoms with van der Waals surface area (Å²) in [5.74, 6) is 0.571. The first kappa shape index (κ1) is 15.7. The van der Waals surface area contributed by atoms with E-state index in [4.69, 9.17) is 0 Å². The van der Waals surface area contributed by atoms with E-state index in [0.717, 1.165) is 4.90 Å². The molecule has 1 aromatic heterocycles. The lowest BCUT2D eigenvalue weighted by molar-refractivity contribution is 0.601. The van der Waals surface area contributed by atoms with Gasteiger partial charge in [-0.1, -0.05) is 0 Å². The highest BCUT2D eigenvalue weighted by atomic mass is 32.2. The second-order valence-electron chi connectivity index (χ2n) is 4.55. The van der Waals surface area contributed by atoms with Gasteiger partial charge in [-0.3, -0.25) is 4.72 Å². The fraction of sp³-hybridized carbons (Fsp3) is 0.214. The van der Waals surface area contributed by atoms with Crippen LogP contribution in [-0.4, -0.2) is 33.8 Å². The fourth-order valence-electron chi connectivity index (χ4n) is 1.79. The van der Waals surface area contributed by atoms with Gasteiger partial charge in [-0.05, 0) is 42.7 Å². The molecule has 0 aliphatic heterocycles. The molecule has 1 N–H and O–H groups in total. The van der Waals surface area contributed by atoms with Crippen LogP contribution in [0.15, 0.2) is 52.4 Å². The lowest BCUT2D eigenvalue weighted by Gasteiger charge is -2.17. The summed E-state index contributed by atoms with van der Waals surface area (Å²) in [5.41, 5.74) is 0.455. The molecule has 0 aliphatic rings. The van der Waals surface area contributed by atoms with Gasteiger partial charge in [-0.25, -0.2) is 13.4 Å². The summed E-state index contributed by atoms with van der Waals surface area (Å²) >= 11 is 1.57. The molecular weight excluding hydrogens is 306 g/mol. The maximum Gasteiger partial charge on any atom is 0.262 e. The largest absolute Gasteiger partial charge is 0.361 e.